The molecule has 3 rings (SSSR count). The van der Waals surface area contributed by atoms with Gasteiger partial charge >= 0.3 is 0 Å². The van der Waals surface area contributed by atoms with Gasteiger partial charge in [-0.1, -0.05) is 0 Å². The number of halogens is 1. The highest BCUT2D eigenvalue weighted by Crippen LogP contribution is 2.37. The quantitative estimate of drug-likeness (QED) is 0.670. The molecule has 2 aliphatic rings. The Hall–Kier alpha value is -2.05. The van der Waals surface area contributed by atoms with Crippen LogP contribution in [0.5, 0.6) is 0 Å². The third kappa shape index (κ3) is 1.63. The van der Waals surface area contributed by atoms with Crippen LogP contribution in [-0.2, 0) is 4.79 Å². The highest BCUT2D eigenvalue weighted by molar-refractivity contribution is 6.06. The zero-order chi connectivity index (χ0) is 11.8. The van der Waals surface area contributed by atoms with Gasteiger partial charge in [-0.05, 0) is 24.3 Å². The highest BCUT2D eigenvalue weighted by Gasteiger charge is 2.32. The van der Waals surface area contributed by atoms with Crippen LogP contribution >= 0.6 is 0 Å². The number of rotatable bonds is 1. The smallest absolute Gasteiger partial charge is 0.184 e. The molecule has 1 aromatic rings. The van der Waals surface area contributed by atoms with Crippen molar-refractivity contribution in [3.8, 4) is 0 Å². The first-order chi connectivity index (χ1) is 8.25. The van der Waals surface area contributed by atoms with E-state index in [9.17, 15) is 9.18 Å². The number of carbonyl (C=O) groups excluding carboxylic acids is 1. The van der Waals surface area contributed by atoms with Crippen LogP contribution in [0.4, 0.5) is 4.39 Å². The van der Waals surface area contributed by atoms with E-state index in [-0.39, 0.29) is 11.6 Å². The molecule has 0 atom stereocenters. The average Bonchev–Trinajstić information content (AvgIpc) is 2.73. The molecule has 0 saturated carbocycles. The van der Waals surface area contributed by atoms with Crippen LogP contribution in [0.15, 0.2) is 47.6 Å². The van der Waals surface area contributed by atoms with Gasteiger partial charge in [0.25, 0.3) is 0 Å². The molecule has 82 valence electrons. The average molecular weight is 225 g/mol. The Balaban J connectivity index is 2.08. The molecule has 17 heavy (non-hydrogen) atoms. The second-order valence-electron chi connectivity index (χ2n) is 4.17. The van der Waals surface area contributed by atoms with Crippen molar-refractivity contribution >= 4 is 11.4 Å². The molecule has 0 unspecified atom stereocenters. The zero-order valence-corrected chi connectivity index (χ0v) is 9.16. The lowest BCUT2D eigenvalue weighted by Crippen LogP contribution is -1.97. The molecule has 0 fully saturated rings. The minimum atomic E-state index is -0.252. The van der Waals surface area contributed by atoms with Gasteiger partial charge < -0.3 is 0 Å². The molecule has 0 N–H and O–H groups in total. The highest BCUT2D eigenvalue weighted by atomic mass is 19.1. The van der Waals surface area contributed by atoms with Crippen LogP contribution in [0.25, 0.3) is 5.57 Å². The summed E-state index contributed by atoms with van der Waals surface area (Å²) < 4.78 is 12.9. The summed E-state index contributed by atoms with van der Waals surface area (Å²) in [6.07, 6.45) is 8.07. The van der Waals surface area contributed by atoms with Gasteiger partial charge in [-0.3, -0.25) is 4.79 Å². The van der Waals surface area contributed by atoms with E-state index in [0.717, 1.165) is 28.7 Å². The van der Waals surface area contributed by atoms with Gasteiger partial charge in [0, 0.05) is 25.0 Å². The van der Waals surface area contributed by atoms with Crippen molar-refractivity contribution < 1.29 is 9.18 Å². The minimum Gasteiger partial charge on any atom is -0.292 e. The van der Waals surface area contributed by atoms with Gasteiger partial charge in [-0.25, -0.2) is 4.39 Å². The van der Waals surface area contributed by atoms with Crippen LogP contribution in [0.3, 0.4) is 0 Å². The molecule has 0 spiro atoms. The summed E-state index contributed by atoms with van der Waals surface area (Å²) in [7, 11) is 0. The monoisotopic (exact) mass is 225 g/mol. The van der Waals surface area contributed by atoms with E-state index < -0.39 is 0 Å². The lowest BCUT2D eigenvalue weighted by atomic mass is 9.92. The Morgan fingerprint density at radius 1 is 1.12 bits per heavy atom. The predicted octanol–water partition coefficient (Wildman–Crippen LogP) is 3.24. The molecule has 1 nitrogen and oxygen atoms in total. The molecule has 0 bridgehead atoms. The van der Waals surface area contributed by atoms with Crippen molar-refractivity contribution in [3.63, 3.8) is 0 Å². The summed E-state index contributed by atoms with van der Waals surface area (Å²) in [5.41, 5.74) is 3.68. The number of Topliss-reactive ketones (excluding diaryl/α,β-unsaturated/α-hetero) is 1. The van der Waals surface area contributed by atoms with Crippen molar-refractivity contribution in [3.05, 3.63) is 65.0 Å². The summed E-state index contributed by atoms with van der Waals surface area (Å²) >= 11 is 0. The number of benzene rings is 1. The van der Waals surface area contributed by atoms with Gasteiger partial charge in [-0.15, -0.1) is 0 Å². The molecule has 0 aromatic heterocycles. The summed E-state index contributed by atoms with van der Waals surface area (Å²) in [5, 5.41) is 0. The van der Waals surface area contributed by atoms with Gasteiger partial charge in [0.15, 0.2) is 11.4 Å². The first-order valence-corrected chi connectivity index (χ1v) is 5.58. The van der Waals surface area contributed by atoms with E-state index in [4.69, 9.17) is 0 Å². The van der Waals surface area contributed by atoms with E-state index >= 15 is 0 Å². The fraction of sp³-hybridized carbons (Fsp3) is 0.133. The van der Waals surface area contributed by atoms with E-state index in [1.807, 2.05) is 6.08 Å². The Kier molecular flexibility index (Phi) is 2.24. The number of ketones is 1. The van der Waals surface area contributed by atoms with Crippen molar-refractivity contribution in [1.29, 1.82) is 0 Å². The molecule has 0 saturated heterocycles. The Morgan fingerprint density at radius 2 is 1.88 bits per heavy atom. The minimum absolute atomic E-state index is 0.192. The maximum Gasteiger partial charge on any atom is 0.184 e. The second kappa shape index (κ2) is 3.76. The normalized spacial score (nSPS) is 17.9. The third-order valence-electron chi connectivity index (χ3n) is 3.14. The molecule has 0 radical (unpaired) electrons. The molecule has 0 heterocycles. The number of carbonyl (C=O) groups is 1. The zero-order valence-electron chi connectivity index (χ0n) is 9.16. The maximum absolute atomic E-state index is 12.9. The van der Waals surface area contributed by atoms with Crippen molar-refractivity contribution in [2.75, 3.05) is 0 Å². The van der Waals surface area contributed by atoms with Gasteiger partial charge in [0.05, 0.1) is 17.2 Å². The van der Waals surface area contributed by atoms with E-state index in [2.05, 4.69) is 6.08 Å². The third-order valence-corrected chi connectivity index (χ3v) is 3.14. The van der Waals surface area contributed by atoms with Crippen molar-refractivity contribution in [2.45, 2.75) is 12.8 Å². The summed E-state index contributed by atoms with van der Waals surface area (Å²) in [6, 6.07) is 6.31. The number of hydrogen-bond acceptors (Lipinski definition) is 1. The second-order valence-corrected chi connectivity index (χ2v) is 4.17. The first-order valence-electron chi connectivity index (χ1n) is 5.58. The van der Waals surface area contributed by atoms with Crippen LogP contribution in [0.1, 0.15) is 18.4 Å². The predicted molar refractivity (Wildman–Crippen MR) is 63.5 cm³/mol. The number of allylic oxidation sites excluding steroid dienone is 6. The molecule has 2 heteroatoms. The number of hydrogen-bond donors (Lipinski definition) is 0. The Bertz CT molecular complexity index is 573. The Labute approximate surface area is 99.0 Å². The molecule has 0 aliphatic heterocycles. The van der Waals surface area contributed by atoms with E-state index in [1.165, 1.54) is 12.1 Å². The first kappa shape index (κ1) is 10.1. The van der Waals surface area contributed by atoms with Gasteiger partial charge in [-0.2, -0.15) is 0 Å². The maximum atomic E-state index is 12.9. The van der Waals surface area contributed by atoms with Gasteiger partial charge in [0.2, 0.25) is 0 Å². The largest absolute Gasteiger partial charge is 0.292 e. The van der Waals surface area contributed by atoms with Crippen molar-refractivity contribution in [1.82, 2.24) is 0 Å². The van der Waals surface area contributed by atoms with Crippen LogP contribution in [-0.4, -0.2) is 5.78 Å². The lowest BCUT2D eigenvalue weighted by molar-refractivity contribution is -0.114. The summed E-state index contributed by atoms with van der Waals surface area (Å²) in [6.45, 7) is 0. The van der Waals surface area contributed by atoms with Gasteiger partial charge in [0.1, 0.15) is 11.4 Å². The molecular formula is C15H10FO+. The van der Waals surface area contributed by atoms with Crippen molar-refractivity contribution in [2.24, 2.45) is 0 Å². The molecule has 2 aliphatic carbocycles. The van der Waals surface area contributed by atoms with E-state index in [1.54, 1.807) is 18.2 Å². The molecular weight excluding hydrogens is 215 g/mol. The van der Waals surface area contributed by atoms with Crippen LogP contribution in [0.2, 0.25) is 0 Å². The topological polar surface area (TPSA) is 17.1 Å². The van der Waals surface area contributed by atoms with Crippen LogP contribution in [0, 0.1) is 11.9 Å². The molecule has 0 amide bonds. The molecule has 1 aromatic carbocycles. The standard InChI is InChI=1S/C15H10FO/c16-11-6-4-10(5-7-11)12-2-1-3-14-13(12)8-9-15(14)17/h1,3-7H,8-9H2/q+1. The fourth-order valence-corrected chi connectivity index (χ4v) is 2.30. The Morgan fingerprint density at radius 3 is 2.65 bits per heavy atom. The van der Waals surface area contributed by atoms with E-state index in [0.29, 0.717) is 6.42 Å². The SMILES string of the molecule is O=C1CCC2=C1C=C[C+]=C2c1ccc(F)cc1. The summed E-state index contributed by atoms with van der Waals surface area (Å²) in [4.78, 5) is 11.6. The lowest BCUT2D eigenvalue weighted by Gasteiger charge is -2.03. The summed E-state index contributed by atoms with van der Waals surface area (Å²) in [5.74, 6) is -0.0604. The van der Waals surface area contributed by atoms with Crippen LogP contribution < -0.4 is 0 Å². The fourth-order valence-electron chi connectivity index (χ4n) is 2.30.